The van der Waals surface area contributed by atoms with Crippen LogP contribution in [-0.4, -0.2) is 28.2 Å². The van der Waals surface area contributed by atoms with E-state index in [0.717, 1.165) is 22.4 Å². The van der Waals surface area contributed by atoms with E-state index in [1.165, 1.54) is 0 Å². The van der Waals surface area contributed by atoms with Gasteiger partial charge in [0.15, 0.2) is 0 Å². The Morgan fingerprint density at radius 1 is 1.56 bits per heavy atom. The van der Waals surface area contributed by atoms with Gasteiger partial charge in [-0.2, -0.15) is 0 Å². The molecule has 84 valence electrons. The van der Waals surface area contributed by atoms with Gasteiger partial charge in [-0.3, -0.25) is 4.79 Å². The van der Waals surface area contributed by atoms with E-state index in [0.29, 0.717) is 6.61 Å². The van der Waals surface area contributed by atoms with Gasteiger partial charge in [0, 0.05) is 7.11 Å². The Balaban J connectivity index is 2.33. The molecule has 2 aromatic rings. The van der Waals surface area contributed by atoms with Gasteiger partial charge in [0.05, 0.1) is 17.5 Å². The van der Waals surface area contributed by atoms with Crippen LogP contribution in [0, 0.1) is 0 Å². The molecule has 0 bridgehead atoms. The molecule has 0 atom stereocenters. The zero-order valence-electron chi connectivity index (χ0n) is 8.86. The lowest BCUT2D eigenvalue weighted by Gasteiger charge is -1.95. The SMILES string of the molecule is COCc1nc2ccc(CC(=O)O)cc2[nH]1. The fourth-order valence-electron chi connectivity index (χ4n) is 1.60. The van der Waals surface area contributed by atoms with Crippen molar-refractivity contribution in [1.82, 2.24) is 9.97 Å². The quantitative estimate of drug-likeness (QED) is 0.815. The third-order valence-electron chi connectivity index (χ3n) is 2.23. The van der Waals surface area contributed by atoms with Crippen LogP contribution in [0.2, 0.25) is 0 Å². The fourth-order valence-corrected chi connectivity index (χ4v) is 1.60. The van der Waals surface area contributed by atoms with Crippen molar-refractivity contribution in [2.45, 2.75) is 13.0 Å². The van der Waals surface area contributed by atoms with Gasteiger partial charge in [-0.1, -0.05) is 6.07 Å². The average Bonchev–Trinajstić information content (AvgIpc) is 2.59. The van der Waals surface area contributed by atoms with Crippen LogP contribution in [-0.2, 0) is 22.6 Å². The molecule has 5 nitrogen and oxygen atoms in total. The van der Waals surface area contributed by atoms with Crippen LogP contribution in [0.4, 0.5) is 0 Å². The van der Waals surface area contributed by atoms with Crippen molar-refractivity contribution < 1.29 is 14.6 Å². The van der Waals surface area contributed by atoms with Gasteiger partial charge in [-0.25, -0.2) is 4.98 Å². The second-order valence-electron chi connectivity index (χ2n) is 3.54. The molecule has 0 saturated heterocycles. The molecular weight excluding hydrogens is 208 g/mol. The summed E-state index contributed by atoms with van der Waals surface area (Å²) in [6, 6.07) is 5.38. The summed E-state index contributed by atoms with van der Waals surface area (Å²) in [5.74, 6) is -0.0963. The van der Waals surface area contributed by atoms with E-state index in [4.69, 9.17) is 9.84 Å². The number of benzene rings is 1. The number of imidazole rings is 1. The lowest BCUT2D eigenvalue weighted by atomic mass is 10.1. The Kier molecular flexibility index (Phi) is 2.87. The molecule has 1 heterocycles. The summed E-state index contributed by atoms with van der Waals surface area (Å²) in [6.07, 6.45) is 0.0224. The molecule has 2 rings (SSSR count). The number of carboxylic acids is 1. The third kappa shape index (κ3) is 2.20. The number of carbonyl (C=O) groups is 1. The van der Waals surface area contributed by atoms with Crippen molar-refractivity contribution in [3.05, 3.63) is 29.6 Å². The minimum Gasteiger partial charge on any atom is -0.481 e. The second-order valence-corrected chi connectivity index (χ2v) is 3.54. The Morgan fingerprint density at radius 3 is 3.06 bits per heavy atom. The summed E-state index contributed by atoms with van der Waals surface area (Å²) in [5, 5.41) is 8.68. The highest BCUT2D eigenvalue weighted by Gasteiger charge is 2.05. The summed E-state index contributed by atoms with van der Waals surface area (Å²) in [7, 11) is 1.60. The molecule has 0 amide bonds. The number of H-pyrrole nitrogens is 1. The summed E-state index contributed by atoms with van der Waals surface area (Å²) in [6.45, 7) is 0.420. The molecule has 2 N–H and O–H groups in total. The highest BCUT2D eigenvalue weighted by Crippen LogP contribution is 2.14. The van der Waals surface area contributed by atoms with Crippen molar-refractivity contribution in [3.8, 4) is 0 Å². The standard InChI is InChI=1S/C11H12N2O3/c1-16-6-10-12-8-3-2-7(5-11(14)15)4-9(8)13-10/h2-4H,5-6H2,1H3,(H,12,13)(H,14,15). The lowest BCUT2D eigenvalue weighted by Crippen LogP contribution is -1.99. The minimum absolute atomic E-state index is 0.0224. The van der Waals surface area contributed by atoms with Crippen LogP contribution in [0.15, 0.2) is 18.2 Å². The van der Waals surface area contributed by atoms with Crippen molar-refractivity contribution in [1.29, 1.82) is 0 Å². The largest absolute Gasteiger partial charge is 0.481 e. The molecule has 0 aliphatic heterocycles. The molecule has 0 unspecified atom stereocenters. The molecule has 0 radical (unpaired) electrons. The van der Waals surface area contributed by atoms with Crippen molar-refractivity contribution >= 4 is 17.0 Å². The van der Waals surface area contributed by atoms with Crippen LogP contribution in [0.5, 0.6) is 0 Å². The Labute approximate surface area is 92.1 Å². The van der Waals surface area contributed by atoms with Crippen LogP contribution in [0.25, 0.3) is 11.0 Å². The van der Waals surface area contributed by atoms with Gasteiger partial charge in [0.2, 0.25) is 0 Å². The fraction of sp³-hybridized carbons (Fsp3) is 0.273. The van der Waals surface area contributed by atoms with E-state index in [9.17, 15) is 4.79 Å². The molecule has 0 saturated carbocycles. The van der Waals surface area contributed by atoms with Gasteiger partial charge in [-0.15, -0.1) is 0 Å². The second kappa shape index (κ2) is 4.32. The summed E-state index contributed by atoms with van der Waals surface area (Å²) in [4.78, 5) is 17.9. The maximum absolute atomic E-state index is 10.6. The summed E-state index contributed by atoms with van der Waals surface area (Å²) >= 11 is 0. The zero-order valence-corrected chi connectivity index (χ0v) is 8.86. The van der Waals surface area contributed by atoms with Crippen molar-refractivity contribution in [3.63, 3.8) is 0 Å². The van der Waals surface area contributed by atoms with Gasteiger partial charge in [0.1, 0.15) is 12.4 Å². The van der Waals surface area contributed by atoms with E-state index >= 15 is 0 Å². The number of aromatic nitrogens is 2. The number of nitrogens with zero attached hydrogens (tertiary/aromatic N) is 1. The van der Waals surface area contributed by atoms with E-state index in [2.05, 4.69) is 9.97 Å². The number of ether oxygens (including phenoxy) is 1. The van der Waals surface area contributed by atoms with E-state index in [1.807, 2.05) is 6.07 Å². The number of nitrogens with one attached hydrogen (secondary N) is 1. The monoisotopic (exact) mass is 220 g/mol. The molecule has 1 aromatic heterocycles. The number of aliphatic carboxylic acids is 1. The van der Waals surface area contributed by atoms with Crippen LogP contribution in [0.1, 0.15) is 11.4 Å². The van der Waals surface area contributed by atoms with Crippen LogP contribution < -0.4 is 0 Å². The number of rotatable bonds is 4. The Bertz CT molecular complexity index is 519. The predicted molar refractivity (Wildman–Crippen MR) is 58.1 cm³/mol. The number of hydrogen-bond acceptors (Lipinski definition) is 3. The lowest BCUT2D eigenvalue weighted by molar-refractivity contribution is -0.136. The number of carboxylic acid groups (broad SMARTS) is 1. The number of methoxy groups -OCH3 is 1. The van der Waals surface area contributed by atoms with Crippen molar-refractivity contribution in [2.75, 3.05) is 7.11 Å². The average molecular weight is 220 g/mol. The van der Waals surface area contributed by atoms with E-state index in [1.54, 1.807) is 19.2 Å². The van der Waals surface area contributed by atoms with Gasteiger partial charge >= 0.3 is 5.97 Å². The molecule has 0 fully saturated rings. The maximum Gasteiger partial charge on any atom is 0.307 e. The number of aromatic amines is 1. The summed E-state index contributed by atoms with van der Waals surface area (Å²) in [5.41, 5.74) is 2.42. The maximum atomic E-state index is 10.6. The number of hydrogen-bond donors (Lipinski definition) is 2. The topological polar surface area (TPSA) is 75.2 Å². The molecule has 0 spiro atoms. The zero-order chi connectivity index (χ0) is 11.5. The Morgan fingerprint density at radius 2 is 2.38 bits per heavy atom. The van der Waals surface area contributed by atoms with E-state index in [-0.39, 0.29) is 6.42 Å². The highest BCUT2D eigenvalue weighted by atomic mass is 16.5. The van der Waals surface area contributed by atoms with Gasteiger partial charge < -0.3 is 14.8 Å². The molecule has 1 aromatic carbocycles. The molecular formula is C11H12N2O3. The molecule has 16 heavy (non-hydrogen) atoms. The van der Waals surface area contributed by atoms with Crippen LogP contribution in [0.3, 0.4) is 0 Å². The first-order chi connectivity index (χ1) is 7.69. The number of fused-ring (bicyclic) bond motifs is 1. The Hall–Kier alpha value is -1.88. The minimum atomic E-state index is -0.837. The first kappa shape index (κ1) is 10.6. The first-order valence-electron chi connectivity index (χ1n) is 4.87. The van der Waals surface area contributed by atoms with Gasteiger partial charge in [0.25, 0.3) is 0 Å². The smallest absolute Gasteiger partial charge is 0.307 e. The highest BCUT2D eigenvalue weighted by molar-refractivity contribution is 5.78. The normalized spacial score (nSPS) is 10.8. The van der Waals surface area contributed by atoms with E-state index < -0.39 is 5.97 Å². The predicted octanol–water partition coefficient (Wildman–Crippen LogP) is 1.34. The van der Waals surface area contributed by atoms with Gasteiger partial charge in [-0.05, 0) is 17.7 Å². The molecule has 0 aliphatic carbocycles. The van der Waals surface area contributed by atoms with Crippen molar-refractivity contribution in [2.24, 2.45) is 0 Å². The molecule has 5 heteroatoms. The third-order valence-corrected chi connectivity index (χ3v) is 2.23. The summed E-state index contributed by atoms with van der Waals surface area (Å²) < 4.78 is 4.96. The first-order valence-corrected chi connectivity index (χ1v) is 4.87. The van der Waals surface area contributed by atoms with Crippen LogP contribution >= 0.6 is 0 Å². The molecule has 0 aliphatic rings.